The zero-order chi connectivity index (χ0) is 29.1. The van der Waals surface area contributed by atoms with Crippen LogP contribution in [0.4, 0.5) is 18.9 Å². The largest absolute Gasteiger partial charge is 0.376 e. The number of nitrogens with one attached hydrogen (secondary N) is 2. The normalized spacial score (nSPS) is 22.3. The van der Waals surface area contributed by atoms with Gasteiger partial charge in [0, 0.05) is 42.2 Å². The van der Waals surface area contributed by atoms with E-state index in [2.05, 4.69) is 16.4 Å². The second-order valence-electron chi connectivity index (χ2n) is 11.1. The Kier molecular flexibility index (Phi) is 6.85. The van der Waals surface area contributed by atoms with Crippen molar-refractivity contribution in [3.8, 4) is 6.07 Å². The Bertz CT molecular complexity index is 1560. The van der Waals surface area contributed by atoms with Crippen LogP contribution in [0.3, 0.4) is 0 Å². The van der Waals surface area contributed by atoms with E-state index in [0.717, 1.165) is 11.0 Å². The molecule has 3 aromatic rings. The van der Waals surface area contributed by atoms with Crippen molar-refractivity contribution in [1.82, 2.24) is 14.8 Å². The molecule has 0 saturated carbocycles. The lowest BCUT2D eigenvalue weighted by Gasteiger charge is -2.39. The standard InChI is InChI=1S/C28H27ClF3N5O3/c1-27(2,32)11-23(36(3)24(38)22-9-17-19(31)7-15(30)8-21(17)34-22)25(39)37-13-28(10-16(37)12-33)18-6-14(29)4-5-20(18)35-26(28)40/h4-9,16,23,25,34,39H,10-11,13H2,1-3H3,(H,35,40)/t16-,23-,25?,28-/m0/s1. The molecule has 2 aliphatic heterocycles. The molecule has 3 N–H and O–H groups in total. The number of aromatic amines is 1. The van der Waals surface area contributed by atoms with Crippen molar-refractivity contribution >= 4 is 40.0 Å². The molecule has 1 spiro atoms. The Morgan fingerprint density at radius 2 is 2.05 bits per heavy atom. The summed E-state index contributed by atoms with van der Waals surface area (Å²) in [5.74, 6) is -2.74. The van der Waals surface area contributed by atoms with E-state index >= 15 is 4.39 Å². The first kappa shape index (κ1) is 28.0. The highest BCUT2D eigenvalue weighted by molar-refractivity contribution is 6.31. The van der Waals surface area contributed by atoms with Gasteiger partial charge >= 0.3 is 0 Å². The molecule has 210 valence electrons. The fraction of sp³-hybridized carbons (Fsp3) is 0.393. The minimum absolute atomic E-state index is 0.00308. The quantitative estimate of drug-likeness (QED) is 0.402. The van der Waals surface area contributed by atoms with Crippen molar-refractivity contribution in [1.29, 1.82) is 5.26 Å². The van der Waals surface area contributed by atoms with Crippen molar-refractivity contribution in [2.45, 2.75) is 56.1 Å². The third-order valence-corrected chi connectivity index (χ3v) is 8.04. The number of rotatable bonds is 6. The summed E-state index contributed by atoms with van der Waals surface area (Å²) in [6.07, 6.45) is -1.83. The lowest BCUT2D eigenvalue weighted by atomic mass is 9.80. The number of carbonyl (C=O) groups excluding carboxylic acids is 2. The SMILES string of the molecule is CN(C(=O)c1cc2c(F)cc(F)cc2[nH]1)[C@@H](CC(C)(C)F)C(O)N1C[C@]2(C[C@H]1C#N)C(=O)Nc1ccc(Cl)cc12. The Labute approximate surface area is 233 Å². The van der Waals surface area contributed by atoms with E-state index in [1.54, 1.807) is 18.2 Å². The number of hydrogen-bond donors (Lipinski definition) is 3. The van der Waals surface area contributed by atoms with Crippen LogP contribution in [0.25, 0.3) is 10.9 Å². The number of nitrogens with zero attached hydrogens (tertiary/aromatic N) is 3. The molecule has 1 aromatic heterocycles. The summed E-state index contributed by atoms with van der Waals surface area (Å²) in [6, 6.07) is 7.92. The van der Waals surface area contributed by atoms with Gasteiger partial charge in [0.05, 0.1) is 23.0 Å². The number of aromatic nitrogens is 1. The monoisotopic (exact) mass is 573 g/mol. The number of benzene rings is 2. The number of likely N-dealkylation sites (N-methyl/N-ethyl adjacent to an activating group) is 1. The molecule has 12 heteroatoms. The van der Waals surface area contributed by atoms with Gasteiger partial charge in [0.2, 0.25) is 5.91 Å². The number of H-pyrrole nitrogens is 1. The van der Waals surface area contributed by atoms with Gasteiger partial charge in [-0.25, -0.2) is 13.2 Å². The van der Waals surface area contributed by atoms with Gasteiger partial charge in [0.25, 0.3) is 5.91 Å². The van der Waals surface area contributed by atoms with Crippen LogP contribution >= 0.6 is 11.6 Å². The zero-order valence-corrected chi connectivity index (χ0v) is 22.7. The van der Waals surface area contributed by atoms with Gasteiger partial charge < -0.3 is 20.3 Å². The maximum absolute atomic E-state index is 15.0. The fourth-order valence-corrected chi connectivity index (χ4v) is 6.03. The summed E-state index contributed by atoms with van der Waals surface area (Å²) >= 11 is 6.21. The molecular formula is C28H27ClF3N5O3. The van der Waals surface area contributed by atoms with E-state index in [4.69, 9.17) is 11.6 Å². The number of anilines is 1. The van der Waals surface area contributed by atoms with Crippen molar-refractivity contribution in [2.75, 3.05) is 18.9 Å². The molecule has 1 unspecified atom stereocenters. The molecule has 2 amide bonds. The average molecular weight is 574 g/mol. The van der Waals surface area contributed by atoms with Crippen molar-refractivity contribution in [3.63, 3.8) is 0 Å². The van der Waals surface area contributed by atoms with Gasteiger partial charge in [-0.1, -0.05) is 11.6 Å². The van der Waals surface area contributed by atoms with Crippen LogP contribution in [0.5, 0.6) is 0 Å². The number of nitriles is 1. The number of alkyl halides is 1. The number of aliphatic hydroxyl groups excluding tert-OH is 1. The van der Waals surface area contributed by atoms with Crippen molar-refractivity contribution in [2.24, 2.45) is 0 Å². The highest BCUT2D eigenvalue weighted by Crippen LogP contribution is 2.48. The highest BCUT2D eigenvalue weighted by Gasteiger charge is 2.57. The smallest absolute Gasteiger partial charge is 0.270 e. The van der Waals surface area contributed by atoms with Crippen molar-refractivity contribution < 1.29 is 27.9 Å². The number of carbonyl (C=O) groups is 2. The van der Waals surface area contributed by atoms with Crippen LogP contribution < -0.4 is 5.32 Å². The Morgan fingerprint density at radius 1 is 1.32 bits per heavy atom. The summed E-state index contributed by atoms with van der Waals surface area (Å²) in [7, 11) is 1.36. The van der Waals surface area contributed by atoms with Crippen LogP contribution in [-0.4, -0.2) is 69.3 Å². The Balaban J connectivity index is 1.49. The third kappa shape index (κ3) is 4.70. The maximum Gasteiger partial charge on any atom is 0.270 e. The molecule has 0 aliphatic carbocycles. The topological polar surface area (TPSA) is 112 Å². The van der Waals surface area contributed by atoms with Gasteiger partial charge in [-0.3, -0.25) is 14.5 Å². The molecule has 2 aliphatic rings. The molecule has 4 atom stereocenters. The van der Waals surface area contributed by atoms with E-state index in [0.29, 0.717) is 22.3 Å². The average Bonchev–Trinajstić information content (AvgIpc) is 3.56. The number of amides is 2. The number of likely N-dealkylation sites (tertiary alicyclic amines) is 1. The molecule has 1 saturated heterocycles. The summed E-state index contributed by atoms with van der Waals surface area (Å²) in [4.78, 5) is 31.9. The predicted octanol–water partition coefficient (Wildman–Crippen LogP) is 4.48. The maximum atomic E-state index is 15.0. The van der Waals surface area contributed by atoms with Gasteiger partial charge in [0.1, 0.15) is 35.3 Å². The summed E-state index contributed by atoms with van der Waals surface area (Å²) in [5, 5.41) is 24.8. The van der Waals surface area contributed by atoms with Gasteiger partial charge in [-0.2, -0.15) is 5.26 Å². The third-order valence-electron chi connectivity index (χ3n) is 7.80. The summed E-state index contributed by atoms with van der Waals surface area (Å²) < 4.78 is 43.0. The van der Waals surface area contributed by atoms with E-state index in [9.17, 15) is 28.7 Å². The lowest BCUT2D eigenvalue weighted by molar-refractivity contribution is -0.121. The van der Waals surface area contributed by atoms with Gasteiger partial charge in [-0.05, 0) is 56.2 Å². The minimum atomic E-state index is -1.85. The van der Waals surface area contributed by atoms with E-state index in [1.165, 1.54) is 31.9 Å². The van der Waals surface area contributed by atoms with Crippen LogP contribution in [0.15, 0.2) is 36.4 Å². The second kappa shape index (κ2) is 9.80. The minimum Gasteiger partial charge on any atom is -0.376 e. The van der Waals surface area contributed by atoms with Crippen LogP contribution in [0.2, 0.25) is 5.02 Å². The molecule has 1 fully saturated rings. The molecule has 40 heavy (non-hydrogen) atoms. The summed E-state index contributed by atoms with van der Waals surface area (Å²) in [6.45, 7) is 2.51. The number of fused-ring (bicyclic) bond motifs is 3. The van der Waals surface area contributed by atoms with Crippen molar-refractivity contribution in [3.05, 3.63) is 64.3 Å². The molecule has 5 rings (SSSR count). The molecule has 2 aromatic carbocycles. The van der Waals surface area contributed by atoms with E-state index in [1.807, 2.05) is 0 Å². The first-order chi connectivity index (χ1) is 18.7. The highest BCUT2D eigenvalue weighted by atomic mass is 35.5. The Morgan fingerprint density at radius 3 is 2.73 bits per heavy atom. The fourth-order valence-electron chi connectivity index (χ4n) is 5.85. The molecule has 0 bridgehead atoms. The lowest BCUT2D eigenvalue weighted by Crippen LogP contribution is -2.56. The van der Waals surface area contributed by atoms with Crippen LogP contribution in [-0.2, 0) is 10.2 Å². The Hall–Kier alpha value is -3.59. The van der Waals surface area contributed by atoms with Gasteiger partial charge in [0.15, 0.2) is 0 Å². The summed E-state index contributed by atoms with van der Waals surface area (Å²) in [5.41, 5.74) is -1.91. The second-order valence-corrected chi connectivity index (χ2v) is 11.5. The molecule has 3 heterocycles. The first-order valence-electron chi connectivity index (χ1n) is 12.6. The molecule has 8 nitrogen and oxygen atoms in total. The molecule has 0 radical (unpaired) electrons. The number of aliphatic hydroxyl groups is 1. The van der Waals surface area contributed by atoms with Gasteiger partial charge in [-0.15, -0.1) is 0 Å². The van der Waals surface area contributed by atoms with E-state index < -0.39 is 46.9 Å². The number of hydrogen-bond acceptors (Lipinski definition) is 5. The van der Waals surface area contributed by atoms with Crippen LogP contribution in [0.1, 0.15) is 42.7 Å². The van der Waals surface area contributed by atoms with Crippen LogP contribution in [0, 0.1) is 23.0 Å². The predicted molar refractivity (Wildman–Crippen MR) is 142 cm³/mol. The van der Waals surface area contributed by atoms with E-state index in [-0.39, 0.29) is 41.9 Å². The first-order valence-corrected chi connectivity index (χ1v) is 13.0. The molecular weight excluding hydrogens is 547 g/mol. The zero-order valence-electron chi connectivity index (χ0n) is 21.9. The number of halogens is 4.